The minimum Gasteiger partial charge on any atom is -0.490 e. The maximum atomic E-state index is 11.8. The van der Waals surface area contributed by atoms with E-state index in [2.05, 4.69) is 10.6 Å². The second-order valence-electron chi connectivity index (χ2n) is 6.30. The number of carboxylic acid groups (broad SMARTS) is 1. The van der Waals surface area contributed by atoms with E-state index in [9.17, 15) is 9.59 Å². The highest BCUT2D eigenvalue weighted by atomic mass is 16.5. The molecule has 1 aromatic rings. The van der Waals surface area contributed by atoms with Crippen LogP contribution in [0.1, 0.15) is 33.3 Å². The molecule has 0 unspecified atom stereocenters. The van der Waals surface area contributed by atoms with Crippen LogP contribution in [0.15, 0.2) is 18.2 Å². The highest BCUT2D eigenvalue weighted by molar-refractivity contribution is 5.78. The lowest BCUT2D eigenvalue weighted by Gasteiger charge is -2.21. The summed E-state index contributed by atoms with van der Waals surface area (Å²) in [6.45, 7) is 8.18. The highest BCUT2D eigenvalue weighted by Gasteiger charge is 2.15. The van der Waals surface area contributed by atoms with Gasteiger partial charge in [0, 0.05) is 12.1 Å². The van der Waals surface area contributed by atoms with Crippen LogP contribution in [0.5, 0.6) is 11.5 Å². The van der Waals surface area contributed by atoms with E-state index in [0.717, 1.165) is 5.56 Å². The van der Waals surface area contributed by atoms with Crippen molar-refractivity contribution in [2.24, 2.45) is 0 Å². The van der Waals surface area contributed by atoms with Crippen molar-refractivity contribution in [3.05, 3.63) is 23.8 Å². The van der Waals surface area contributed by atoms with Crippen LogP contribution in [-0.4, -0.2) is 42.3 Å². The highest BCUT2D eigenvalue weighted by Crippen LogP contribution is 2.28. The molecule has 24 heavy (non-hydrogen) atoms. The van der Waals surface area contributed by atoms with Crippen LogP contribution >= 0.6 is 0 Å². The van der Waals surface area contributed by atoms with Gasteiger partial charge in [-0.25, -0.2) is 0 Å². The second-order valence-corrected chi connectivity index (χ2v) is 6.30. The predicted molar refractivity (Wildman–Crippen MR) is 90.3 cm³/mol. The topological polar surface area (TPSA) is 96.9 Å². The van der Waals surface area contributed by atoms with Gasteiger partial charge in [0.25, 0.3) is 5.91 Å². The van der Waals surface area contributed by atoms with Crippen LogP contribution in [0.3, 0.4) is 0 Å². The number of carboxylic acids is 1. The van der Waals surface area contributed by atoms with Crippen LogP contribution in [0, 0.1) is 0 Å². The molecule has 7 heteroatoms. The molecule has 7 nitrogen and oxygen atoms in total. The summed E-state index contributed by atoms with van der Waals surface area (Å²) in [6.07, 6.45) is 0. The fourth-order valence-electron chi connectivity index (χ4n) is 1.96. The Balaban J connectivity index is 2.69. The van der Waals surface area contributed by atoms with Crippen LogP contribution in [0.25, 0.3) is 0 Å². The normalized spacial score (nSPS) is 11.0. The molecule has 0 radical (unpaired) electrons. The first-order valence-corrected chi connectivity index (χ1v) is 7.83. The van der Waals surface area contributed by atoms with Gasteiger partial charge >= 0.3 is 5.97 Å². The third-order valence-electron chi connectivity index (χ3n) is 2.79. The summed E-state index contributed by atoms with van der Waals surface area (Å²) in [5.41, 5.74) is 0.550. The number of aliphatic carboxylic acids is 1. The molecule has 134 valence electrons. The second kappa shape index (κ2) is 9.12. The summed E-state index contributed by atoms with van der Waals surface area (Å²) >= 11 is 0. The molecule has 0 atom stereocenters. The Kier molecular flexibility index (Phi) is 7.51. The Labute approximate surface area is 142 Å². The van der Waals surface area contributed by atoms with Gasteiger partial charge < -0.3 is 25.2 Å². The average Bonchev–Trinajstić information content (AvgIpc) is 2.44. The molecule has 1 aromatic carbocycles. The van der Waals surface area contributed by atoms with E-state index in [1.165, 1.54) is 0 Å². The van der Waals surface area contributed by atoms with Gasteiger partial charge in [-0.15, -0.1) is 0 Å². The molecule has 0 spiro atoms. The monoisotopic (exact) mass is 338 g/mol. The molecule has 0 fully saturated rings. The maximum Gasteiger partial charge on any atom is 0.317 e. The van der Waals surface area contributed by atoms with Crippen molar-refractivity contribution in [1.82, 2.24) is 10.6 Å². The number of hydrogen-bond acceptors (Lipinski definition) is 5. The van der Waals surface area contributed by atoms with Gasteiger partial charge in [0.05, 0.1) is 13.2 Å². The Morgan fingerprint density at radius 3 is 2.46 bits per heavy atom. The Morgan fingerprint density at radius 1 is 1.17 bits per heavy atom. The van der Waals surface area contributed by atoms with Crippen LogP contribution in [0.4, 0.5) is 0 Å². The number of amides is 1. The molecule has 1 rings (SSSR count). The first kappa shape index (κ1) is 19.8. The van der Waals surface area contributed by atoms with Gasteiger partial charge in [0.2, 0.25) is 0 Å². The van der Waals surface area contributed by atoms with E-state index >= 15 is 0 Å². The van der Waals surface area contributed by atoms with Crippen molar-refractivity contribution in [2.45, 2.75) is 39.8 Å². The smallest absolute Gasteiger partial charge is 0.317 e. The van der Waals surface area contributed by atoms with Crippen molar-refractivity contribution in [2.75, 3.05) is 19.8 Å². The zero-order valence-corrected chi connectivity index (χ0v) is 14.6. The molecular formula is C17H26N2O5. The summed E-state index contributed by atoms with van der Waals surface area (Å²) in [7, 11) is 0. The minimum atomic E-state index is -0.912. The fraction of sp³-hybridized carbons (Fsp3) is 0.529. The van der Waals surface area contributed by atoms with E-state index < -0.39 is 5.97 Å². The lowest BCUT2D eigenvalue weighted by atomic mass is 10.1. The van der Waals surface area contributed by atoms with Crippen LogP contribution in [0.2, 0.25) is 0 Å². The van der Waals surface area contributed by atoms with Crippen LogP contribution < -0.4 is 20.1 Å². The van der Waals surface area contributed by atoms with Crippen molar-refractivity contribution in [1.29, 1.82) is 0 Å². The van der Waals surface area contributed by atoms with Gasteiger partial charge in [-0.05, 0) is 45.4 Å². The predicted octanol–water partition coefficient (Wildman–Crippen LogP) is 1.55. The van der Waals surface area contributed by atoms with Gasteiger partial charge in [-0.2, -0.15) is 0 Å². The molecule has 0 aliphatic rings. The van der Waals surface area contributed by atoms with E-state index in [4.69, 9.17) is 14.6 Å². The molecule has 0 bridgehead atoms. The summed E-state index contributed by atoms with van der Waals surface area (Å²) in [6, 6.07) is 5.29. The Morgan fingerprint density at radius 2 is 1.88 bits per heavy atom. The van der Waals surface area contributed by atoms with E-state index in [1.54, 1.807) is 18.2 Å². The molecule has 1 amide bonds. The number of carbonyl (C=O) groups is 2. The zero-order valence-electron chi connectivity index (χ0n) is 14.6. The quantitative estimate of drug-likeness (QED) is 0.632. The lowest BCUT2D eigenvalue weighted by Crippen LogP contribution is -2.43. The lowest BCUT2D eigenvalue weighted by molar-refractivity contribution is -0.136. The van der Waals surface area contributed by atoms with Gasteiger partial charge in [-0.3, -0.25) is 9.59 Å². The third-order valence-corrected chi connectivity index (χ3v) is 2.79. The average molecular weight is 338 g/mol. The van der Waals surface area contributed by atoms with Crippen molar-refractivity contribution >= 4 is 11.9 Å². The fourth-order valence-corrected chi connectivity index (χ4v) is 1.96. The molecule has 0 heterocycles. The standard InChI is InChI=1S/C17H26N2O5/c1-5-23-14-8-12(9-18-10-16(21)22)6-7-13(14)24-11-15(20)19-17(2,3)4/h6-8,18H,5,9-11H2,1-4H3,(H,19,20)(H,21,22). The number of nitrogens with one attached hydrogen (secondary N) is 2. The third kappa shape index (κ3) is 7.82. The largest absolute Gasteiger partial charge is 0.490 e. The van der Waals surface area contributed by atoms with Crippen molar-refractivity contribution in [3.8, 4) is 11.5 Å². The molecule has 3 N–H and O–H groups in total. The molecule has 0 saturated carbocycles. The number of rotatable bonds is 9. The van der Waals surface area contributed by atoms with Gasteiger partial charge in [-0.1, -0.05) is 6.07 Å². The molecule has 0 aromatic heterocycles. The Hall–Kier alpha value is -2.28. The van der Waals surface area contributed by atoms with Crippen LogP contribution in [-0.2, 0) is 16.1 Å². The Bertz CT molecular complexity index is 567. The maximum absolute atomic E-state index is 11.8. The van der Waals surface area contributed by atoms with E-state index in [1.807, 2.05) is 27.7 Å². The van der Waals surface area contributed by atoms with Crippen molar-refractivity contribution in [3.63, 3.8) is 0 Å². The first-order valence-electron chi connectivity index (χ1n) is 7.83. The van der Waals surface area contributed by atoms with Gasteiger partial charge in [0.1, 0.15) is 0 Å². The zero-order chi connectivity index (χ0) is 18.2. The summed E-state index contributed by atoms with van der Waals surface area (Å²) < 4.78 is 11.1. The summed E-state index contributed by atoms with van der Waals surface area (Å²) in [5.74, 6) is -0.124. The van der Waals surface area contributed by atoms with E-state index in [-0.39, 0.29) is 24.6 Å². The summed E-state index contributed by atoms with van der Waals surface area (Å²) in [5, 5.41) is 14.3. The molecule has 0 aliphatic carbocycles. The first-order chi connectivity index (χ1) is 11.2. The molecular weight excluding hydrogens is 312 g/mol. The molecule has 0 aliphatic heterocycles. The van der Waals surface area contributed by atoms with E-state index in [0.29, 0.717) is 24.7 Å². The van der Waals surface area contributed by atoms with Crippen molar-refractivity contribution < 1.29 is 24.2 Å². The number of ether oxygens (including phenoxy) is 2. The molecule has 0 saturated heterocycles. The summed E-state index contributed by atoms with van der Waals surface area (Å²) in [4.78, 5) is 22.3. The van der Waals surface area contributed by atoms with Gasteiger partial charge in [0.15, 0.2) is 18.1 Å². The SMILES string of the molecule is CCOc1cc(CNCC(=O)O)ccc1OCC(=O)NC(C)(C)C. The minimum absolute atomic E-state index is 0.103. The number of benzene rings is 1. The number of carbonyl (C=O) groups excluding carboxylic acids is 1. The number of hydrogen-bond donors (Lipinski definition) is 3.